The van der Waals surface area contributed by atoms with Gasteiger partial charge >= 0.3 is 0 Å². The highest BCUT2D eigenvalue weighted by Gasteiger charge is 2.29. The van der Waals surface area contributed by atoms with Gasteiger partial charge in [0.25, 0.3) is 0 Å². The fourth-order valence-corrected chi connectivity index (χ4v) is 4.80. The number of hydrogen-bond donors (Lipinski definition) is 1. The van der Waals surface area contributed by atoms with Crippen molar-refractivity contribution in [3.05, 3.63) is 53.8 Å². The van der Waals surface area contributed by atoms with Crippen molar-refractivity contribution in [2.24, 2.45) is 0 Å². The highest BCUT2D eigenvalue weighted by atomic mass is 32.2. The molecule has 162 valence electrons. The first-order valence-electron chi connectivity index (χ1n) is 9.68. The van der Waals surface area contributed by atoms with Crippen molar-refractivity contribution >= 4 is 21.6 Å². The molecule has 1 atom stereocenters. The number of carbonyl (C=O) groups excluding carboxylic acids is 1. The van der Waals surface area contributed by atoms with Gasteiger partial charge in [0.15, 0.2) is 0 Å². The van der Waals surface area contributed by atoms with Gasteiger partial charge in [0.2, 0.25) is 15.9 Å². The van der Waals surface area contributed by atoms with E-state index in [0.717, 1.165) is 0 Å². The van der Waals surface area contributed by atoms with E-state index < -0.39 is 16.1 Å². The molecule has 0 unspecified atom stereocenters. The molecule has 3 rings (SSSR count). The normalized spacial score (nSPS) is 15.7. The predicted molar refractivity (Wildman–Crippen MR) is 113 cm³/mol. The minimum absolute atomic E-state index is 0.0739. The summed E-state index contributed by atoms with van der Waals surface area (Å²) in [5.41, 5.74) is 1.19. The number of hydrogen-bond acceptors (Lipinski definition) is 5. The monoisotopic (exact) mass is 435 g/mol. The summed E-state index contributed by atoms with van der Waals surface area (Å²) in [6, 6.07) is 10.1. The van der Waals surface area contributed by atoms with Crippen molar-refractivity contribution in [1.82, 2.24) is 9.62 Å². The molecule has 1 heterocycles. The quantitative estimate of drug-likeness (QED) is 0.752. The van der Waals surface area contributed by atoms with E-state index >= 15 is 0 Å². The van der Waals surface area contributed by atoms with Crippen LogP contribution in [-0.4, -0.2) is 58.6 Å². The molecule has 0 bridgehead atoms. The predicted octanol–water partition coefficient (Wildman–Crippen LogP) is 2.16. The number of rotatable bonds is 6. The SMILES string of the molecule is COc1ccc(S(=O)(=O)N[C@@H](C)C(=O)N2CCN(c3ccccc3F)CC2)cc1C. The van der Waals surface area contributed by atoms with Crippen LogP contribution in [-0.2, 0) is 14.8 Å². The van der Waals surface area contributed by atoms with Crippen molar-refractivity contribution in [1.29, 1.82) is 0 Å². The van der Waals surface area contributed by atoms with Gasteiger partial charge in [-0.2, -0.15) is 4.72 Å². The van der Waals surface area contributed by atoms with Crippen LogP contribution in [0.5, 0.6) is 5.75 Å². The summed E-state index contributed by atoms with van der Waals surface area (Å²) in [5.74, 6) is -0.0176. The van der Waals surface area contributed by atoms with Crippen molar-refractivity contribution in [3.8, 4) is 5.75 Å². The van der Waals surface area contributed by atoms with Gasteiger partial charge < -0.3 is 14.5 Å². The van der Waals surface area contributed by atoms with Crippen LogP contribution in [0.3, 0.4) is 0 Å². The van der Waals surface area contributed by atoms with Crippen LogP contribution in [0, 0.1) is 12.7 Å². The molecule has 1 saturated heterocycles. The second-order valence-corrected chi connectivity index (χ2v) is 8.95. The number of sulfonamides is 1. The summed E-state index contributed by atoms with van der Waals surface area (Å²) >= 11 is 0. The Morgan fingerprint density at radius 3 is 2.40 bits per heavy atom. The molecule has 0 aromatic heterocycles. The largest absolute Gasteiger partial charge is 0.496 e. The zero-order chi connectivity index (χ0) is 21.9. The lowest BCUT2D eigenvalue weighted by Gasteiger charge is -2.37. The summed E-state index contributed by atoms with van der Waals surface area (Å²) in [6.07, 6.45) is 0. The number of benzene rings is 2. The Balaban J connectivity index is 1.62. The molecule has 1 aliphatic heterocycles. The van der Waals surface area contributed by atoms with E-state index in [9.17, 15) is 17.6 Å². The molecule has 9 heteroatoms. The third-order valence-electron chi connectivity index (χ3n) is 5.16. The van der Waals surface area contributed by atoms with Crippen LogP contribution >= 0.6 is 0 Å². The molecular formula is C21H26FN3O4S. The fourth-order valence-electron chi connectivity index (χ4n) is 3.52. The molecule has 0 spiro atoms. The van der Waals surface area contributed by atoms with Crippen LogP contribution < -0.4 is 14.4 Å². The first kappa shape index (κ1) is 22.0. The van der Waals surface area contributed by atoms with Gasteiger partial charge in [0.05, 0.1) is 23.7 Å². The summed E-state index contributed by atoms with van der Waals surface area (Å²) < 4.78 is 47.0. The molecular weight excluding hydrogens is 409 g/mol. The first-order valence-corrected chi connectivity index (χ1v) is 11.2. The third kappa shape index (κ3) is 4.73. The van der Waals surface area contributed by atoms with E-state index in [1.807, 2.05) is 4.90 Å². The van der Waals surface area contributed by atoms with Gasteiger partial charge in [0, 0.05) is 26.2 Å². The molecule has 7 nitrogen and oxygen atoms in total. The van der Waals surface area contributed by atoms with Gasteiger partial charge in [-0.15, -0.1) is 0 Å². The number of para-hydroxylation sites is 1. The smallest absolute Gasteiger partial charge is 0.241 e. The zero-order valence-corrected chi connectivity index (χ0v) is 18.1. The summed E-state index contributed by atoms with van der Waals surface area (Å²) in [6.45, 7) is 5.01. The van der Waals surface area contributed by atoms with Crippen molar-refractivity contribution in [2.75, 3.05) is 38.2 Å². The molecule has 1 fully saturated rings. The van der Waals surface area contributed by atoms with Crippen LogP contribution in [0.4, 0.5) is 10.1 Å². The first-order chi connectivity index (χ1) is 14.2. The second kappa shape index (κ2) is 9.01. The van der Waals surface area contributed by atoms with E-state index in [2.05, 4.69) is 4.72 Å². The molecule has 1 N–H and O–H groups in total. The average molecular weight is 436 g/mol. The number of amides is 1. The molecule has 0 radical (unpaired) electrons. The third-order valence-corrected chi connectivity index (χ3v) is 6.70. The number of methoxy groups -OCH3 is 1. The Bertz CT molecular complexity index is 1020. The van der Waals surface area contributed by atoms with Crippen LogP contribution in [0.1, 0.15) is 12.5 Å². The van der Waals surface area contributed by atoms with Crippen molar-refractivity contribution in [3.63, 3.8) is 0 Å². The minimum atomic E-state index is -3.86. The van der Waals surface area contributed by atoms with Gasteiger partial charge in [-0.05, 0) is 49.7 Å². The zero-order valence-electron chi connectivity index (χ0n) is 17.3. The number of piperazine rings is 1. The standard InChI is InChI=1S/C21H26FN3O4S/c1-15-14-17(8-9-20(15)29-3)30(27,28)23-16(2)21(26)25-12-10-24(11-13-25)19-7-5-4-6-18(19)22/h4-9,14,16,23H,10-13H2,1-3H3/t16-/m0/s1. The van der Waals surface area contributed by atoms with Gasteiger partial charge in [-0.25, -0.2) is 12.8 Å². The highest BCUT2D eigenvalue weighted by Crippen LogP contribution is 2.22. The number of anilines is 1. The van der Waals surface area contributed by atoms with Crippen molar-refractivity contribution in [2.45, 2.75) is 24.8 Å². The lowest BCUT2D eigenvalue weighted by Crippen LogP contribution is -2.54. The Labute approximate surface area is 176 Å². The molecule has 1 amide bonds. The number of carbonyl (C=O) groups is 1. The lowest BCUT2D eigenvalue weighted by molar-refractivity contribution is -0.132. The number of ether oxygens (including phenoxy) is 1. The highest BCUT2D eigenvalue weighted by molar-refractivity contribution is 7.89. The van der Waals surface area contributed by atoms with E-state index in [-0.39, 0.29) is 16.6 Å². The van der Waals surface area contributed by atoms with E-state index in [0.29, 0.717) is 43.2 Å². The summed E-state index contributed by atoms with van der Waals surface area (Å²) in [4.78, 5) is 16.3. The maximum absolute atomic E-state index is 14.0. The molecule has 0 aliphatic carbocycles. The Morgan fingerprint density at radius 1 is 1.13 bits per heavy atom. The molecule has 2 aromatic carbocycles. The second-order valence-electron chi connectivity index (χ2n) is 7.24. The minimum Gasteiger partial charge on any atom is -0.496 e. The number of halogens is 1. The average Bonchev–Trinajstić information content (AvgIpc) is 2.73. The number of aryl methyl sites for hydroxylation is 1. The van der Waals surface area contributed by atoms with Gasteiger partial charge in [0.1, 0.15) is 11.6 Å². The topological polar surface area (TPSA) is 78.9 Å². The molecule has 1 aliphatic rings. The Kier molecular flexibility index (Phi) is 6.62. The van der Waals surface area contributed by atoms with Gasteiger partial charge in [-0.1, -0.05) is 12.1 Å². The van der Waals surface area contributed by atoms with Crippen LogP contribution in [0.15, 0.2) is 47.4 Å². The van der Waals surface area contributed by atoms with E-state index in [1.54, 1.807) is 36.1 Å². The maximum Gasteiger partial charge on any atom is 0.241 e. The number of nitrogens with one attached hydrogen (secondary N) is 1. The fraction of sp³-hybridized carbons (Fsp3) is 0.381. The van der Waals surface area contributed by atoms with E-state index in [1.165, 1.54) is 32.2 Å². The Morgan fingerprint density at radius 2 is 1.80 bits per heavy atom. The summed E-state index contributed by atoms with van der Waals surface area (Å²) in [7, 11) is -2.35. The van der Waals surface area contributed by atoms with Crippen LogP contribution in [0.25, 0.3) is 0 Å². The molecule has 2 aromatic rings. The molecule has 30 heavy (non-hydrogen) atoms. The number of nitrogens with zero attached hydrogens (tertiary/aromatic N) is 2. The summed E-state index contributed by atoms with van der Waals surface area (Å²) in [5, 5.41) is 0. The van der Waals surface area contributed by atoms with Gasteiger partial charge in [-0.3, -0.25) is 4.79 Å². The maximum atomic E-state index is 14.0. The van der Waals surface area contributed by atoms with E-state index in [4.69, 9.17) is 4.74 Å². The van der Waals surface area contributed by atoms with Crippen LogP contribution in [0.2, 0.25) is 0 Å². The lowest BCUT2D eigenvalue weighted by atomic mass is 10.2. The molecule has 0 saturated carbocycles. The Hall–Kier alpha value is -2.65. The van der Waals surface area contributed by atoms with Crippen molar-refractivity contribution < 1.29 is 22.3 Å².